The lowest BCUT2D eigenvalue weighted by molar-refractivity contribution is -0.154. The number of methoxy groups -OCH3 is 1. The molecule has 1 N–H and O–H groups in total. The van der Waals surface area contributed by atoms with E-state index in [4.69, 9.17) is 9.47 Å². The van der Waals surface area contributed by atoms with Gasteiger partial charge in [0, 0.05) is 20.0 Å². The maximum Gasteiger partial charge on any atom is 0.408 e. The van der Waals surface area contributed by atoms with Crippen LogP contribution in [0.2, 0.25) is 0 Å². The maximum atomic E-state index is 13.6. The van der Waals surface area contributed by atoms with Gasteiger partial charge in [-0.25, -0.2) is 9.59 Å². The first-order valence-electron chi connectivity index (χ1n) is 12.0. The van der Waals surface area contributed by atoms with Crippen molar-refractivity contribution < 1.29 is 28.7 Å². The Balaban J connectivity index is 1.70. The molecule has 3 atom stereocenters. The van der Waals surface area contributed by atoms with Crippen molar-refractivity contribution in [2.45, 2.75) is 50.9 Å². The number of nitrogens with one attached hydrogen (secondary N) is 1. The zero-order valence-electron chi connectivity index (χ0n) is 20.9. The average Bonchev–Trinajstić information content (AvgIpc) is 3.40. The van der Waals surface area contributed by atoms with Crippen LogP contribution in [-0.2, 0) is 36.9 Å². The van der Waals surface area contributed by atoms with Gasteiger partial charge in [-0.2, -0.15) is 0 Å². The summed E-state index contributed by atoms with van der Waals surface area (Å²) >= 11 is 0. The molecule has 36 heavy (non-hydrogen) atoms. The highest BCUT2D eigenvalue weighted by molar-refractivity contribution is 5.93. The van der Waals surface area contributed by atoms with Crippen LogP contribution in [0.1, 0.15) is 30.9 Å². The molecule has 0 spiro atoms. The van der Waals surface area contributed by atoms with Crippen LogP contribution in [0.4, 0.5) is 4.79 Å². The summed E-state index contributed by atoms with van der Waals surface area (Å²) in [7, 11) is 2.83. The van der Waals surface area contributed by atoms with Crippen LogP contribution < -0.4 is 5.32 Å². The van der Waals surface area contributed by atoms with E-state index in [1.807, 2.05) is 60.7 Å². The van der Waals surface area contributed by atoms with E-state index in [1.165, 1.54) is 24.0 Å². The Morgan fingerprint density at radius 1 is 1.03 bits per heavy atom. The molecular weight excluding hydrogens is 462 g/mol. The number of nitrogens with zero attached hydrogens (tertiary/aromatic N) is 2. The van der Waals surface area contributed by atoms with Crippen molar-refractivity contribution in [2.24, 2.45) is 0 Å². The third-order valence-corrected chi connectivity index (χ3v) is 6.30. The molecule has 0 aliphatic carbocycles. The molecule has 1 aliphatic rings. The highest BCUT2D eigenvalue weighted by Gasteiger charge is 2.40. The van der Waals surface area contributed by atoms with Gasteiger partial charge in [-0.15, -0.1) is 0 Å². The summed E-state index contributed by atoms with van der Waals surface area (Å²) in [4.78, 5) is 54.3. The monoisotopic (exact) mass is 495 g/mol. The predicted octanol–water partition coefficient (Wildman–Crippen LogP) is 2.53. The lowest BCUT2D eigenvalue weighted by atomic mass is 10.0. The van der Waals surface area contributed by atoms with E-state index in [-0.39, 0.29) is 18.9 Å². The van der Waals surface area contributed by atoms with Crippen molar-refractivity contribution >= 4 is 23.9 Å². The molecule has 1 saturated heterocycles. The fourth-order valence-electron chi connectivity index (χ4n) is 4.29. The van der Waals surface area contributed by atoms with Crippen LogP contribution in [0, 0.1) is 0 Å². The summed E-state index contributed by atoms with van der Waals surface area (Å²) in [6, 6.07) is 16.1. The Hall–Kier alpha value is -3.88. The minimum absolute atomic E-state index is 0.0718. The number of likely N-dealkylation sites (N-methyl/N-ethyl adjacent to an activating group) is 1. The van der Waals surface area contributed by atoms with Crippen molar-refractivity contribution in [2.75, 3.05) is 20.7 Å². The highest BCUT2D eigenvalue weighted by Crippen LogP contribution is 2.22. The van der Waals surface area contributed by atoms with Crippen molar-refractivity contribution in [1.82, 2.24) is 15.1 Å². The van der Waals surface area contributed by atoms with Crippen molar-refractivity contribution in [3.63, 3.8) is 0 Å². The number of esters is 1. The summed E-state index contributed by atoms with van der Waals surface area (Å²) in [6.45, 7) is 2.02. The van der Waals surface area contributed by atoms with E-state index < -0.39 is 36.1 Å². The van der Waals surface area contributed by atoms with Crippen LogP contribution in [0.25, 0.3) is 0 Å². The molecule has 1 fully saturated rings. The van der Waals surface area contributed by atoms with Crippen LogP contribution in [0.3, 0.4) is 0 Å². The number of rotatable bonds is 9. The molecule has 2 aromatic rings. The maximum absolute atomic E-state index is 13.6. The minimum atomic E-state index is -0.931. The third kappa shape index (κ3) is 6.84. The minimum Gasteiger partial charge on any atom is -0.467 e. The third-order valence-electron chi connectivity index (χ3n) is 6.30. The number of ether oxygens (including phenoxy) is 2. The van der Waals surface area contributed by atoms with Crippen molar-refractivity contribution in [3.8, 4) is 0 Å². The number of amides is 3. The summed E-state index contributed by atoms with van der Waals surface area (Å²) in [6.07, 6.45) is 0.716. The van der Waals surface area contributed by atoms with Gasteiger partial charge in [-0.1, -0.05) is 60.7 Å². The summed E-state index contributed by atoms with van der Waals surface area (Å²) < 4.78 is 10.1. The number of alkyl carbamates (subject to hydrolysis) is 1. The molecule has 0 aromatic heterocycles. The van der Waals surface area contributed by atoms with E-state index in [2.05, 4.69) is 5.32 Å². The molecule has 0 unspecified atom stereocenters. The number of hydrogen-bond donors (Lipinski definition) is 1. The zero-order valence-corrected chi connectivity index (χ0v) is 20.9. The SMILES string of the molecule is COC(=O)[C@@H]1CCCN1C(=O)[C@@H](Cc1ccccc1)N(C)C(=O)[C@H](C)NC(=O)OCc1ccccc1. The molecule has 9 heteroatoms. The van der Waals surface area contributed by atoms with Crippen LogP contribution >= 0.6 is 0 Å². The lowest BCUT2D eigenvalue weighted by Crippen LogP contribution is -2.56. The number of likely N-dealkylation sites (tertiary alicyclic amines) is 1. The second kappa shape index (κ2) is 12.7. The van der Waals surface area contributed by atoms with Gasteiger partial charge in [0.2, 0.25) is 11.8 Å². The lowest BCUT2D eigenvalue weighted by Gasteiger charge is -2.34. The topological polar surface area (TPSA) is 105 Å². The molecule has 192 valence electrons. The molecule has 1 aliphatic heterocycles. The van der Waals surface area contributed by atoms with Gasteiger partial charge >= 0.3 is 12.1 Å². The van der Waals surface area contributed by atoms with Gasteiger partial charge in [0.25, 0.3) is 0 Å². The molecule has 3 amide bonds. The Kier molecular flexibility index (Phi) is 9.44. The first-order chi connectivity index (χ1) is 17.3. The first kappa shape index (κ1) is 26.7. The van der Waals surface area contributed by atoms with Gasteiger partial charge < -0.3 is 24.6 Å². The van der Waals surface area contributed by atoms with Crippen molar-refractivity contribution in [1.29, 1.82) is 0 Å². The summed E-state index contributed by atoms with van der Waals surface area (Å²) in [5.41, 5.74) is 1.69. The Morgan fingerprint density at radius 3 is 2.25 bits per heavy atom. The first-order valence-corrected chi connectivity index (χ1v) is 12.0. The molecule has 2 aromatic carbocycles. The van der Waals surface area contributed by atoms with Gasteiger partial charge in [0.15, 0.2) is 0 Å². The second-order valence-corrected chi connectivity index (χ2v) is 8.80. The van der Waals surface area contributed by atoms with E-state index in [0.717, 1.165) is 11.1 Å². The Morgan fingerprint density at radius 2 is 1.64 bits per heavy atom. The Bertz CT molecular complexity index is 1050. The van der Waals surface area contributed by atoms with Crippen LogP contribution in [0.15, 0.2) is 60.7 Å². The fraction of sp³-hybridized carbons (Fsp3) is 0.407. The normalized spacial score (nSPS) is 16.5. The molecule has 1 heterocycles. The molecule has 0 radical (unpaired) electrons. The molecule has 0 saturated carbocycles. The fourth-order valence-corrected chi connectivity index (χ4v) is 4.29. The summed E-state index contributed by atoms with van der Waals surface area (Å²) in [5, 5.41) is 2.54. The molecular formula is C27H33N3O6. The zero-order chi connectivity index (χ0) is 26.1. The van der Waals surface area contributed by atoms with E-state index in [1.54, 1.807) is 6.92 Å². The smallest absolute Gasteiger partial charge is 0.408 e. The standard InChI is InChI=1S/C27H33N3O6/c1-19(28-27(34)36-18-21-13-8-5-9-14-21)24(31)29(2)23(17-20-11-6-4-7-12-20)25(32)30-16-10-15-22(30)26(33)35-3/h4-9,11-14,19,22-23H,10,15-18H2,1-3H3,(H,28,34)/t19-,22-,23+/m0/s1. The van der Waals surface area contributed by atoms with Gasteiger partial charge in [-0.05, 0) is 30.9 Å². The largest absolute Gasteiger partial charge is 0.467 e. The van der Waals surface area contributed by atoms with E-state index in [9.17, 15) is 19.2 Å². The predicted molar refractivity (Wildman–Crippen MR) is 133 cm³/mol. The average molecular weight is 496 g/mol. The number of hydrogen-bond acceptors (Lipinski definition) is 6. The number of carbonyl (C=O) groups excluding carboxylic acids is 4. The molecule has 9 nitrogen and oxygen atoms in total. The number of carbonyl (C=O) groups is 4. The van der Waals surface area contributed by atoms with Crippen LogP contribution in [0.5, 0.6) is 0 Å². The molecule has 0 bridgehead atoms. The quantitative estimate of drug-likeness (QED) is 0.536. The van der Waals surface area contributed by atoms with Gasteiger partial charge in [0.1, 0.15) is 24.7 Å². The molecule has 3 rings (SSSR count). The van der Waals surface area contributed by atoms with Gasteiger partial charge in [0.05, 0.1) is 7.11 Å². The van der Waals surface area contributed by atoms with Gasteiger partial charge in [-0.3, -0.25) is 9.59 Å². The Labute approximate surface area is 211 Å². The highest BCUT2D eigenvalue weighted by atomic mass is 16.5. The second-order valence-electron chi connectivity index (χ2n) is 8.80. The van der Waals surface area contributed by atoms with Crippen LogP contribution in [-0.4, -0.2) is 72.5 Å². The summed E-state index contributed by atoms with van der Waals surface area (Å²) in [5.74, 6) is -1.25. The van der Waals surface area contributed by atoms with E-state index in [0.29, 0.717) is 19.4 Å². The van der Waals surface area contributed by atoms with E-state index >= 15 is 0 Å². The number of benzene rings is 2. The van der Waals surface area contributed by atoms with Crippen molar-refractivity contribution in [3.05, 3.63) is 71.8 Å².